The van der Waals surface area contributed by atoms with Gasteiger partial charge in [0.1, 0.15) is 12.7 Å². The SMILES string of the molecule is O=C(NCC(c1cccs1)N1CCCC1)c1ccc(-n2cncn2)cc1. The van der Waals surface area contributed by atoms with E-state index in [1.807, 2.05) is 24.3 Å². The van der Waals surface area contributed by atoms with Crippen molar-refractivity contribution in [1.82, 2.24) is 25.0 Å². The summed E-state index contributed by atoms with van der Waals surface area (Å²) in [7, 11) is 0. The van der Waals surface area contributed by atoms with Gasteiger partial charge >= 0.3 is 0 Å². The highest BCUT2D eigenvalue weighted by molar-refractivity contribution is 7.10. The van der Waals surface area contributed by atoms with Crippen LogP contribution in [0.5, 0.6) is 0 Å². The van der Waals surface area contributed by atoms with Gasteiger partial charge in [-0.25, -0.2) is 9.67 Å². The molecule has 1 unspecified atom stereocenters. The summed E-state index contributed by atoms with van der Waals surface area (Å²) in [5.74, 6) is -0.0455. The lowest BCUT2D eigenvalue weighted by molar-refractivity contribution is 0.0938. The number of aromatic nitrogens is 3. The molecule has 6 nitrogen and oxygen atoms in total. The minimum Gasteiger partial charge on any atom is -0.350 e. The largest absolute Gasteiger partial charge is 0.350 e. The van der Waals surface area contributed by atoms with Crippen molar-refractivity contribution in [3.63, 3.8) is 0 Å². The molecule has 7 heteroatoms. The van der Waals surface area contributed by atoms with Crippen LogP contribution in [0.2, 0.25) is 0 Å². The van der Waals surface area contributed by atoms with Crippen LogP contribution in [0.4, 0.5) is 0 Å². The number of carbonyl (C=O) groups excluding carboxylic acids is 1. The van der Waals surface area contributed by atoms with Crippen LogP contribution in [0, 0.1) is 0 Å². The van der Waals surface area contributed by atoms with Crippen LogP contribution >= 0.6 is 11.3 Å². The molecule has 1 N–H and O–H groups in total. The van der Waals surface area contributed by atoms with Crippen LogP contribution < -0.4 is 5.32 Å². The normalized spacial score (nSPS) is 15.8. The lowest BCUT2D eigenvalue weighted by atomic mass is 10.1. The Hall–Kier alpha value is -2.51. The molecule has 1 aliphatic rings. The Labute approximate surface area is 156 Å². The average Bonchev–Trinajstić information content (AvgIpc) is 3.45. The van der Waals surface area contributed by atoms with Crippen LogP contribution in [0.3, 0.4) is 0 Å². The van der Waals surface area contributed by atoms with E-state index in [0.29, 0.717) is 12.1 Å². The summed E-state index contributed by atoms with van der Waals surface area (Å²) >= 11 is 1.76. The molecule has 1 fully saturated rings. The van der Waals surface area contributed by atoms with Crippen molar-refractivity contribution in [2.24, 2.45) is 0 Å². The first kappa shape index (κ1) is 16.9. The van der Waals surface area contributed by atoms with E-state index >= 15 is 0 Å². The van der Waals surface area contributed by atoms with E-state index in [-0.39, 0.29) is 11.9 Å². The van der Waals surface area contributed by atoms with Crippen LogP contribution in [0.15, 0.2) is 54.4 Å². The number of benzene rings is 1. The molecular formula is C19H21N5OS. The first-order valence-electron chi connectivity index (χ1n) is 8.82. The molecule has 1 aliphatic heterocycles. The van der Waals surface area contributed by atoms with Gasteiger partial charge in [-0.1, -0.05) is 6.07 Å². The van der Waals surface area contributed by atoms with Crippen LogP contribution in [0.25, 0.3) is 5.69 Å². The zero-order valence-corrected chi connectivity index (χ0v) is 15.2. The van der Waals surface area contributed by atoms with Gasteiger partial charge in [-0.15, -0.1) is 11.3 Å². The van der Waals surface area contributed by atoms with Crippen molar-refractivity contribution in [2.75, 3.05) is 19.6 Å². The predicted octanol–water partition coefficient (Wildman–Crippen LogP) is 2.90. The fraction of sp³-hybridized carbons (Fsp3) is 0.316. The van der Waals surface area contributed by atoms with Gasteiger partial charge in [-0.3, -0.25) is 9.69 Å². The molecule has 0 spiro atoms. The van der Waals surface area contributed by atoms with E-state index in [1.165, 1.54) is 24.0 Å². The smallest absolute Gasteiger partial charge is 0.251 e. The van der Waals surface area contributed by atoms with Gasteiger partial charge in [0.25, 0.3) is 5.91 Å². The number of nitrogens with zero attached hydrogens (tertiary/aromatic N) is 4. The highest BCUT2D eigenvalue weighted by Crippen LogP contribution is 2.27. The molecule has 1 saturated heterocycles. The summed E-state index contributed by atoms with van der Waals surface area (Å²) in [6.45, 7) is 2.83. The number of rotatable bonds is 6. The summed E-state index contributed by atoms with van der Waals surface area (Å²) in [4.78, 5) is 20.3. The number of amides is 1. The predicted molar refractivity (Wildman–Crippen MR) is 102 cm³/mol. The highest BCUT2D eigenvalue weighted by Gasteiger charge is 2.24. The van der Waals surface area contributed by atoms with Gasteiger partial charge in [-0.2, -0.15) is 5.10 Å². The van der Waals surface area contributed by atoms with Crippen molar-refractivity contribution < 1.29 is 4.79 Å². The van der Waals surface area contributed by atoms with Crippen molar-refractivity contribution >= 4 is 17.2 Å². The number of nitrogens with one attached hydrogen (secondary N) is 1. The number of hydrogen-bond acceptors (Lipinski definition) is 5. The third kappa shape index (κ3) is 3.68. The molecule has 0 bridgehead atoms. The highest BCUT2D eigenvalue weighted by atomic mass is 32.1. The first-order chi connectivity index (χ1) is 12.8. The lowest BCUT2D eigenvalue weighted by Gasteiger charge is -2.26. The van der Waals surface area contributed by atoms with E-state index in [9.17, 15) is 4.79 Å². The Morgan fingerprint density at radius 1 is 1.19 bits per heavy atom. The molecule has 0 aliphatic carbocycles. The fourth-order valence-electron chi connectivity index (χ4n) is 3.34. The van der Waals surface area contributed by atoms with Gasteiger partial charge in [0.2, 0.25) is 0 Å². The molecule has 4 rings (SSSR count). The van der Waals surface area contributed by atoms with Crippen molar-refractivity contribution in [3.8, 4) is 5.69 Å². The summed E-state index contributed by atoms with van der Waals surface area (Å²) in [6.07, 6.45) is 5.60. The Bertz CT molecular complexity index is 823. The molecule has 1 aromatic carbocycles. The maximum Gasteiger partial charge on any atom is 0.251 e. The van der Waals surface area contributed by atoms with Gasteiger partial charge in [-0.05, 0) is 61.6 Å². The van der Waals surface area contributed by atoms with E-state index in [1.54, 1.807) is 22.3 Å². The van der Waals surface area contributed by atoms with Gasteiger partial charge in [0.05, 0.1) is 11.7 Å². The van der Waals surface area contributed by atoms with E-state index < -0.39 is 0 Å². The summed E-state index contributed by atoms with van der Waals surface area (Å²) in [5, 5.41) is 9.30. The molecule has 2 aromatic heterocycles. The fourth-order valence-corrected chi connectivity index (χ4v) is 4.20. The summed E-state index contributed by atoms with van der Waals surface area (Å²) < 4.78 is 1.67. The number of hydrogen-bond donors (Lipinski definition) is 1. The van der Waals surface area contributed by atoms with Crippen LogP contribution in [-0.4, -0.2) is 45.2 Å². The van der Waals surface area contributed by atoms with Gasteiger partial charge < -0.3 is 5.32 Å². The topological polar surface area (TPSA) is 63.1 Å². The molecule has 0 saturated carbocycles. The maximum absolute atomic E-state index is 12.6. The van der Waals surface area contributed by atoms with E-state index in [2.05, 4.69) is 37.8 Å². The van der Waals surface area contributed by atoms with Gasteiger partial charge in [0, 0.05) is 17.0 Å². The summed E-state index contributed by atoms with van der Waals surface area (Å²) in [6, 6.07) is 11.9. The van der Waals surface area contributed by atoms with Gasteiger partial charge in [0.15, 0.2) is 0 Å². The van der Waals surface area contributed by atoms with Crippen LogP contribution in [0.1, 0.15) is 34.1 Å². The monoisotopic (exact) mass is 367 g/mol. The molecule has 26 heavy (non-hydrogen) atoms. The number of likely N-dealkylation sites (tertiary alicyclic amines) is 1. The molecule has 1 atom stereocenters. The minimum absolute atomic E-state index is 0.0455. The average molecular weight is 367 g/mol. The Balaban J connectivity index is 1.42. The van der Waals surface area contributed by atoms with Crippen molar-refractivity contribution in [1.29, 1.82) is 0 Å². The third-order valence-electron chi connectivity index (χ3n) is 4.72. The molecule has 0 radical (unpaired) electrons. The Morgan fingerprint density at radius 3 is 2.65 bits per heavy atom. The molecular weight excluding hydrogens is 346 g/mol. The third-order valence-corrected chi connectivity index (χ3v) is 5.70. The molecule has 3 aromatic rings. The second-order valence-electron chi connectivity index (χ2n) is 6.37. The maximum atomic E-state index is 12.6. The van der Waals surface area contributed by atoms with E-state index in [0.717, 1.165) is 18.8 Å². The Kier molecular flexibility index (Phi) is 5.08. The zero-order valence-electron chi connectivity index (χ0n) is 14.4. The number of carbonyl (C=O) groups is 1. The lowest BCUT2D eigenvalue weighted by Crippen LogP contribution is -2.36. The number of thiophene rings is 1. The summed E-state index contributed by atoms with van der Waals surface area (Å²) in [5.41, 5.74) is 1.53. The quantitative estimate of drug-likeness (QED) is 0.728. The van der Waals surface area contributed by atoms with Crippen molar-refractivity contribution in [2.45, 2.75) is 18.9 Å². The molecule has 3 heterocycles. The Morgan fingerprint density at radius 2 is 2.00 bits per heavy atom. The first-order valence-corrected chi connectivity index (χ1v) is 9.70. The molecule has 1 amide bonds. The zero-order chi connectivity index (χ0) is 17.8. The standard InChI is InChI=1S/C19H21N5OS/c25-19(15-5-7-16(8-6-15)24-14-20-13-22-24)21-12-17(18-4-3-11-26-18)23-9-1-2-10-23/h3-8,11,13-14,17H,1-2,9-10,12H2,(H,21,25). The van der Waals surface area contributed by atoms with E-state index in [4.69, 9.17) is 0 Å². The second kappa shape index (κ2) is 7.80. The molecule has 134 valence electrons. The second-order valence-corrected chi connectivity index (χ2v) is 7.35. The minimum atomic E-state index is -0.0455. The van der Waals surface area contributed by atoms with Crippen LogP contribution in [-0.2, 0) is 0 Å². The van der Waals surface area contributed by atoms with Crippen molar-refractivity contribution in [3.05, 3.63) is 64.9 Å².